The molecule has 3 nitrogen and oxygen atoms in total. The summed E-state index contributed by atoms with van der Waals surface area (Å²) in [6.45, 7) is 1.89. The molecule has 0 aliphatic carbocycles. The van der Waals surface area contributed by atoms with Gasteiger partial charge in [0.05, 0.1) is 13.0 Å². The van der Waals surface area contributed by atoms with Crippen LogP contribution < -0.4 is 0 Å². The van der Waals surface area contributed by atoms with Crippen LogP contribution in [-0.4, -0.2) is 17.6 Å². The van der Waals surface area contributed by atoms with Crippen LogP contribution in [0.1, 0.15) is 30.0 Å². The highest BCUT2D eigenvalue weighted by molar-refractivity contribution is 9.08. The lowest BCUT2D eigenvalue weighted by Crippen LogP contribution is -2.11. The highest BCUT2D eigenvalue weighted by atomic mass is 79.9. The van der Waals surface area contributed by atoms with Gasteiger partial charge >= 0.3 is 5.97 Å². The molecule has 0 unspecified atom stereocenters. The van der Waals surface area contributed by atoms with Gasteiger partial charge in [-0.15, -0.1) is 0 Å². The molecule has 0 aliphatic rings. The van der Waals surface area contributed by atoms with Crippen molar-refractivity contribution in [3.63, 3.8) is 0 Å². The smallest absolute Gasteiger partial charge is 0.310 e. The molecular weight excluding hydrogens is 331 g/mol. The number of ether oxygens (including phenoxy) is 1. The lowest BCUT2D eigenvalue weighted by atomic mass is 10.0. The van der Waals surface area contributed by atoms with Gasteiger partial charge in [-0.05, 0) is 12.5 Å². The van der Waals surface area contributed by atoms with Gasteiger partial charge in [-0.1, -0.05) is 27.5 Å². The van der Waals surface area contributed by atoms with E-state index in [0.29, 0.717) is 0 Å². The molecule has 0 fully saturated rings. The Hall–Kier alpha value is -0.750. The van der Waals surface area contributed by atoms with Crippen molar-refractivity contribution in [1.82, 2.24) is 4.98 Å². The first-order valence-electron chi connectivity index (χ1n) is 5.17. The zero-order valence-corrected chi connectivity index (χ0v) is 11.9. The van der Waals surface area contributed by atoms with Crippen molar-refractivity contribution in [3.8, 4) is 0 Å². The molecule has 0 radical (unpaired) electrons. The number of nitrogens with zero attached hydrogens (tertiary/aromatic N) is 1. The number of aromatic nitrogens is 1. The van der Waals surface area contributed by atoms with Gasteiger partial charge < -0.3 is 4.74 Å². The third kappa shape index (κ3) is 3.62. The van der Waals surface area contributed by atoms with E-state index in [1.165, 1.54) is 0 Å². The monoisotopic (exact) mass is 341 g/mol. The van der Waals surface area contributed by atoms with E-state index in [1.807, 2.05) is 0 Å². The maximum Gasteiger partial charge on any atom is 0.310 e. The summed E-state index contributed by atoms with van der Waals surface area (Å²) in [5.41, 5.74) is 0.346. The molecule has 0 aromatic carbocycles. The molecule has 0 saturated carbocycles. The molecule has 1 aromatic heterocycles. The Morgan fingerprint density at radius 1 is 1.56 bits per heavy atom. The molecule has 0 bridgehead atoms. The van der Waals surface area contributed by atoms with Crippen LogP contribution in [0.25, 0.3) is 0 Å². The molecule has 0 N–H and O–H groups in total. The van der Waals surface area contributed by atoms with Crippen LogP contribution in [0, 0.1) is 0 Å². The fourth-order valence-electron chi connectivity index (χ4n) is 1.46. The van der Waals surface area contributed by atoms with Crippen molar-refractivity contribution in [2.75, 3.05) is 6.61 Å². The molecule has 7 heteroatoms. The van der Waals surface area contributed by atoms with E-state index >= 15 is 0 Å². The first-order chi connectivity index (χ1) is 8.51. The predicted molar refractivity (Wildman–Crippen MR) is 67.2 cm³/mol. The molecule has 0 atom stereocenters. The maximum atomic E-state index is 12.8. The first-order valence-corrected chi connectivity index (χ1v) is 6.67. The molecule has 1 heterocycles. The number of halogens is 4. The minimum atomic E-state index is -2.66. The molecule has 0 spiro atoms. The normalized spacial score (nSPS) is 10.8. The summed E-state index contributed by atoms with van der Waals surface area (Å²) in [6.07, 6.45) is -1.80. The summed E-state index contributed by atoms with van der Waals surface area (Å²) in [7, 11) is 0. The standard InChI is InChI=1S/C11H11BrClF2NO2/c1-2-18-9(17)3-6-7(4-12)8(11(14)15)5-16-10(6)13/h5,11H,2-4H2,1H3. The lowest BCUT2D eigenvalue weighted by molar-refractivity contribution is -0.142. The molecule has 1 aromatic rings. The van der Waals surface area contributed by atoms with Crippen LogP contribution in [0.15, 0.2) is 6.20 Å². The molecule has 0 saturated heterocycles. The average molecular weight is 343 g/mol. The Kier molecular flexibility index (Phi) is 5.95. The van der Waals surface area contributed by atoms with Crippen LogP contribution in [0.2, 0.25) is 5.15 Å². The van der Waals surface area contributed by atoms with E-state index in [9.17, 15) is 13.6 Å². The van der Waals surface area contributed by atoms with E-state index in [0.717, 1.165) is 6.20 Å². The predicted octanol–water partition coefficient (Wildman–Crippen LogP) is 3.67. The van der Waals surface area contributed by atoms with E-state index in [-0.39, 0.29) is 40.2 Å². The van der Waals surface area contributed by atoms with Gasteiger partial charge in [0.2, 0.25) is 0 Å². The van der Waals surface area contributed by atoms with Crippen LogP contribution in [0.5, 0.6) is 0 Å². The lowest BCUT2D eigenvalue weighted by Gasteiger charge is -2.13. The van der Waals surface area contributed by atoms with Crippen molar-refractivity contribution >= 4 is 33.5 Å². The SMILES string of the molecule is CCOC(=O)Cc1c(Cl)ncc(C(F)F)c1CBr. The number of carbonyl (C=O) groups excluding carboxylic acids is 1. The van der Waals surface area contributed by atoms with Crippen molar-refractivity contribution in [2.24, 2.45) is 0 Å². The third-order valence-electron chi connectivity index (χ3n) is 2.27. The van der Waals surface area contributed by atoms with Gasteiger partial charge in [-0.2, -0.15) is 0 Å². The van der Waals surface area contributed by atoms with Crippen LogP contribution in [0.3, 0.4) is 0 Å². The maximum absolute atomic E-state index is 12.8. The van der Waals surface area contributed by atoms with Gasteiger partial charge in [0.1, 0.15) is 5.15 Å². The van der Waals surface area contributed by atoms with Crippen LogP contribution in [-0.2, 0) is 21.3 Å². The van der Waals surface area contributed by atoms with E-state index in [2.05, 4.69) is 20.9 Å². The molecule has 18 heavy (non-hydrogen) atoms. The Morgan fingerprint density at radius 2 is 2.22 bits per heavy atom. The Balaban J connectivity index is 3.15. The summed E-state index contributed by atoms with van der Waals surface area (Å²) in [5.74, 6) is -0.519. The van der Waals surface area contributed by atoms with Gasteiger partial charge in [-0.3, -0.25) is 4.79 Å². The summed E-state index contributed by atoms with van der Waals surface area (Å²) in [4.78, 5) is 15.1. The highest BCUT2D eigenvalue weighted by Gasteiger charge is 2.21. The Bertz CT molecular complexity index is 443. The summed E-state index contributed by atoms with van der Waals surface area (Å²) in [5, 5.41) is 0.214. The minimum absolute atomic E-state index is 0.0434. The summed E-state index contributed by atoms with van der Waals surface area (Å²) < 4.78 is 30.4. The van der Waals surface area contributed by atoms with Crippen LogP contribution >= 0.6 is 27.5 Å². The van der Waals surface area contributed by atoms with Gasteiger partial charge in [0.25, 0.3) is 6.43 Å². The zero-order chi connectivity index (χ0) is 13.7. The largest absolute Gasteiger partial charge is 0.466 e. The summed E-state index contributed by atoms with van der Waals surface area (Å²) in [6, 6.07) is 0. The number of carbonyl (C=O) groups is 1. The topological polar surface area (TPSA) is 39.2 Å². The van der Waals surface area contributed by atoms with Crippen LogP contribution in [0.4, 0.5) is 8.78 Å². The molecule has 100 valence electrons. The zero-order valence-electron chi connectivity index (χ0n) is 9.55. The second-order valence-electron chi connectivity index (χ2n) is 3.38. The number of pyridine rings is 1. The second kappa shape index (κ2) is 6.99. The third-order valence-corrected chi connectivity index (χ3v) is 3.16. The van der Waals surface area contributed by atoms with Gasteiger partial charge in [0, 0.05) is 22.7 Å². The number of hydrogen-bond donors (Lipinski definition) is 0. The number of hydrogen-bond acceptors (Lipinski definition) is 3. The number of rotatable bonds is 5. The quantitative estimate of drug-likeness (QED) is 0.465. The fourth-order valence-corrected chi connectivity index (χ4v) is 2.35. The highest BCUT2D eigenvalue weighted by Crippen LogP contribution is 2.30. The van der Waals surface area contributed by atoms with Gasteiger partial charge in [-0.25, -0.2) is 13.8 Å². The average Bonchev–Trinajstić information content (AvgIpc) is 2.31. The fraction of sp³-hybridized carbons (Fsp3) is 0.455. The van der Waals surface area contributed by atoms with Crippen molar-refractivity contribution < 1.29 is 18.3 Å². The summed E-state index contributed by atoms with van der Waals surface area (Å²) >= 11 is 8.96. The second-order valence-corrected chi connectivity index (χ2v) is 4.30. The molecule has 1 rings (SSSR count). The molecule has 0 aliphatic heterocycles. The minimum Gasteiger partial charge on any atom is -0.466 e. The van der Waals surface area contributed by atoms with Crippen molar-refractivity contribution in [2.45, 2.75) is 25.1 Å². The Labute approximate surface area is 117 Å². The Morgan fingerprint density at radius 3 is 2.72 bits per heavy atom. The van der Waals surface area contributed by atoms with Gasteiger partial charge in [0.15, 0.2) is 0 Å². The number of esters is 1. The first kappa shape index (κ1) is 15.3. The van der Waals surface area contributed by atoms with Crippen molar-refractivity contribution in [1.29, 1.82) is 0 Å². The molecular formula is C11H11BrClF2NO2. The molecule has 0 amide bonds. The van der Waals surface area contributed by atoms with E-state index < -0.39 is 12.4 Å². The van der Waals surface area contributed by atoms with Crippen molar-refractivity contribution in [3.05, 3.63) is 28.0 Å². The van der Waals surface area contributed by atoms with E-state index in [1.54, 1.807) is 6.92 Å². The number of alkyl halides is 3. The van der Waals surface area contributed by atoms with E-state index in [4.69, 9.17) is 16.3 Å².